The Balaban J connectivity index is 1.22. The Labute approximate surface area is 201 Å². The zero-order chi connectivity index (χ0) is 24.7. The number of rotatable bonds is 9. The van der Waals surface area contributed by atoms with Gasteiger partial charge in [-0.1, -0.05) is 36.4 Å². The highest BCUT2D eigenvalue weighted by atomic mass is 19.4. The predicted octanol–water partition coefficient (Wildman–Crippen LogP) is 2.80. The molecule has 1 N–H and O–H groups in total. The Morgan fingerprint density at radius 2 is 1.80 bits per heavy atom. The predicted molar refractivity (Wildman–Crippen MR) is 125 cm³/mol. The monoisotopic (exact) mass is 487 g/mol. The number of amides is 1. The summed E-state index contributed by atoms with van der Waals surface area (Å²) in [6.45, 7) is 4.14. The van der Waals surface area contributed by atoms with E-state index in [9.17, 15) is 18.0 Å². The number of aromatic nitrogens is 4. The van der Waals surface area contributed by atoms with Crippen LogP contribution >= 0.6 is 0 Å². The van der Waals surface area contributed by atoms with Crippen molar-refractivity contribution < 1.29 is 18.0 Å². The zero-order valence-electron chi connectivity index (χ0n) is 19.2. The van der Waals surface area contributed by atoms with E-state index < -0.39 is 17.8 Å². The molecule has 0 saturated carbocycles. The Kier molecular flexibility index (Phi) is 7.96. The van der Waals surface area contributed by atoms with Gasteiger partial charge in [0.2, 0.25) is 5.91 Å². The minimum atomic E-state index is -4.34. The third-order valence-electron chi connectivity index (χ3n) is 6.12. The second-order valence-electron chi connectivity index (χ2n) is 8.52. The fourth-order valence-electron chi connectivity index (χ4n) is 4.20. The molecule has 1 aliphatic rings. The van der Waals surface area contributed by atoms with E-state index >= 15 is 0 Å². The number of hydrogen-bond acceptors (Lipinski definition) is 6. The van der Waals surface area contributed by atoms with Crippen LogP contribution in [0.4, 0.5) is 18.9 Å². The van der Waals surface area contributed by atoms with Gasteiger partial charge >= 0.3 is 6.18 Å². The summed E-state index contributed by atoms with van der Waals surface area (Å²) in [5, 5.41) is 14.2. The number of hydrogen-bond donors (Lipinski definition) is 1. The average Bonchev–Trinajstić information content (AvgIpc) is 3.40. The van der Waals surface area contributed by atoms with E-state index in [0.717, 1.165) is 37.7 Å². The molecular formula is C24H28F3N7O. The first kappa shape index (κ1) is 24.6. The molecule has 0 radical (unpaired) electrons. The molecule has 0 bridgehead atoms. The number of nitrogens with zero attached hydrogens (tertiary/aromatic N) is 6. The van der Waals surface area contributed by atoms with Crippen molar-refractivity contribution >= 4 is 11.6 Å². The van der Waals surface area contributed by atoms with Gasteiger partial charge < -0.3 is 10.2 Å². The molecule has 3 aromatic rings. The van der Waals surface area contributed by atoms with Gasteiger partial charge in [0, 0.05) is 44.8 Å². The highest BCUT2D eigenvalue weighted by molar-refractivity contribution is 5.80. The number of halogens is 3. The van der Waals surface area contributed by atoms with Crippen molar-refractivity contribution in [1.29, 1.82) is 0 Å². The average molecular weight is 488 g/mol. The maximum absolute atomic E-state index is 13.0. The Morgan fingerprint density at radius 3 is 2.49 bits per heavy atom. The lowest BCUT2D eigenvalue weighted by atomic mass is 10.1. The lowest BCUT2D eigenvalue weighted by Gasteiger charge is -2.36. The second-order valence-corrected chi connectivity index (χ2v) is 8.52. The van der Waals surface area contributed by atoms with Crippen molar-refractivity contribution in [3.8, 4) is 0 Å². The van der Waals surface area contributed by atoms with E-state index in [1.807, 2.05) is 35.2 Å². The number of tetrazole rings is 1. The number of benzene rings is 2. The van der Waals surface area contributed by atoms with Gasteiger partial charge in [-0.15, -0.1) is 5.10 Å². The molecule has 1 fully saturated rings. The number of alkyl halides is 3. The van der Waals surface area contributed by atoms with Crippen LogP contribution in [0, 0.1) is 0 Å². The third kappa shape index (κ3) is 6.78. The van der Waals surface area contributed by atoms with Crippen LogP contribution in [0.3, 0.4) is 0 Å². The summed E-state index contributed by atoms with van der Waals surface area (Å²) in [7, 11) is 0. The Bertz CT molecular complexity index is 1070. The van der Waals surface area contributed by atoms with Crippen LogP contribution in [-0.4, -0.2) is 70.3 Å². The van der Waals surface area contributed by atoms with E-state index in [2.05, 4.69) is 25.7 Å². The number of anilines is 1. The van der Waals surface area contributed by atoms with Crippen molar-refractivity contribution in [3.05, 3.63) is 72.1 Å². The molecule has 4 rings (SSSR count). The molecule has 1 aliphatic heterocycles. The normalized spacial score (nSPS) is 15.7. The largest absolute Gasteiger partial charge is 0.416 e. The smallest absolute Gasteiger partial charge is 0.369 e. The Morgan fingerprint density at radius 1 is 1.03 bits per heavy atom. The molecule has 1 aromatic heterocycles. The molecule has 2 heterocycles. The maximum Gasteiger partial charge on any atom is 0.416 e. The minimum absolute atomic E-state index is 0.143. The summed E-state index contributed by atoms with van der Waals surface area (Å²) in [5.41, 5.74) is 0.987. The standard InChI is InChI=1S/C24H28F3N7O/c25-24(26,27)20-8-4-9-21(17-20)33-14-12-32(13-15-33)11-5-10-28-23(35)22(34-18-29-30-31-34)16-19-6-2-1-3-7-19/h1-4,6-9,17-18,22H,5,10-16H2,(H,28,35). The highest BCUT2D eigenvalue weighted by Crippen LogP contribution is 2.31. The molecule has 1 unspecified atom stereocenters. The van der Waals surface area contributed by atoms with Crippen LogP contribution in [0.15, 0.2) is 60.9 Å². The minimum Gasteiger partial charge on any atom is -0.369 e. The van der Waals surface area contributed by atoms with Crippen LogP contribution in [0.2, 0.25) is 0 Å². The topological polar surface area (TPSA) is 79.2 Å². The highest BCUT2D eigenvalue weighted by Gasteiger charge is 2.31. The Hall–Kier alpha value is -3.47. The van der Waals surface area contributed by atoms with E-state index in [1.165, 1.54) is 23.1 Å². The van der Waals surface area contributed by atoms with Gasteiger partial charge in [-0.2, -0.15) is 13.2 Å². The van der Waals surface area contributed by atoms with Crippen LogP contribution in [0.5, 0.6) is 0 Å². The maximum atomic E-state index is 13.0. The van der Waals surface area contributed by atoms with Crippen LogP contribution in [0.25, 0.3) is 0 Å². The summed E-state index contributed by atoms with van der Waals surface area (Å²) in [6.07, 6.45) is -1.65. The lowest BCUT2D eigenvalue weighted by Crippen LogP contribution is -2.47. The second kappa shape index (κ2) is 11.3. The first-order chi connectivity index (χ1) is 16.9. The van der Waals surface area contributed by atoms with Crippen LogP contribution in [0.1, 0.15) is 23.6 Å². The van der Waals surface area contributed by atoms with E-state index in [-0.39, 0.29) is 5.91 Å². The van der Waals surface area contributed by atoms with Gasteiger partial charge in [0.25, 0.3) is 0 Å². The van der Waals surface area contributed by atoms with E-state index in [1.54, 1.807) is 6.07 Å². The first-order valence-electron chi connectivity index (χ1n) is 11.6. The van der Waals surface area contributed by atoms with Crippen LogP contribution in [-0.2, 0) is 17.4 Å². The molecule has 186 valence electrons. The molecule has 35 heavy (non-hydrogen) atoms. The summed E-state index contributed by atoms with van der Waals surface area (Å²) in [5.74, 6) is -0.143. The van der Waals surface area contributed by atoms with Gasteiger partial charge in [0.05, 0.1) is 5.56 Å². The van der Waals surface area contributed by atoms with Crippen molar-refractivity contribution in [3.63, 3.8) is 0 Å². The molecule has 1 atom stereocenters. The molecule has 1 amide bonds. The summed E-state index contributed by atoms with van der Waals surface area (Å²) in [4.78, 5) is 17.1. The summed E-state index contributed by atoms with van der Waals surface area (Å²) < 4.78 is 40.5. The van der Waals surface area contributed by atoms with Crippen molar-refractivity contribution in [1.82, 2.24) is 30.4 Å². The molecule has 11 heteroatoms. The molecular weight excluding hydrogens is 459 g/mol. The molecule has 2 aromatic carbocycles. The number of carbonyl (C=O) groups excluding carboxylic acids is 1. The molecule has 0 spiro atoms. The molecule has 0 aliphatic carbocycles. The van der Waals surface area contributed by atoms with Gasteiger partial charge in [0.1, 0.15) is 12.4 Å². The quantitative estimate of drug-likeness (QED) is 0.468. The SMILES string of the molecule is O=C(NCCCN1CCN(c2cccc(C(F)(F)F)c2)CC1)C(Cc1ccccc1)n1cnnn1. The van der Waals surface area contributed by atoms with Crippen LogP contribution < -0.4 is 10.2 Å². The fraction of sp³-hybridized carbons (Fsp3) is 0.417. The zero-order valence-corrected chi connectivity index (χ0v) is 19.2. The molecule has 1 saturated heterocycles. The van der Waals surface area contributed by atoms with E-state index in [4.69, 9.17) is 0 Å². The third-order valence-corrected chi connectivity index (χ3v) is 6.12. The number of piperazine rings is 1. The van der Waals surface area contributed by atoms with Crippen molar-refractivity contribution in [2.75, 3.05) is 44.2 Å². The van der Waals surface area contributed by atoms with Gasteiger partial charge in [-0.25, -0.2) is 4.68 Å². The first-order valence-corrected chi connectivity index (χ1v) is 11.6. The van der Waals surface area contributed by atoms with Gasteiger partial charge in [0.15, 0.2) is 0 Å². The van der Waals surface area contributed by atoms with Crippen molar-refractivity contribution in [2.45, 2.75) is 25.1 Å². The van der Waals surface area contributed by atoms with E-state index in [0.29, 0.717) is 31.7 Å². The van der Waals surface area contributed by atoms with Crippen molar-refractivity contribution in [2.24, 2.45) is 0 Å². The lowest BCUT2D eigenvalue weighted by molar-refractivity contribution is -0.137. The van der Waals surface area contributed by atoms with Gasteiger partial charge in [-0.05, 0) is 47.2 Å². The number of carbonyl (C=O) groups is 1. The number of nitrogens with one attached hydrogen (secondary N) is 1. The molecule has 8 nitrogen and oxygen atoms in total. The summed E-state index contributed by atoms with van der Waals surface area (Å²) in [6, 6.07) is 14.6. The summed E-state index contributed by atoms with van der Waals surface area (Å²) >= 11 is 0. The van der Waals surface area contributed by atoms with Gasteiger partial charge in [-0.3, -0.25) is 9.69 Å². The fourth-order valence-corrected chi connectivity index (χ4v) is 4.20.